The van der Waals surface area contributed by atoms with E-state index in [1.165, 1.54) is 0 Å². The molecule has 1 N–H and O–H groups in total. The smallest absolute Gasteiger partial charge is 0.235 e. The summed E-state index contributed by atoms with van der Waals surface area (Å²) in [6, 6.07) is 9.06. The van der Waals surface area contributed by atoms with Crippen LogP contribution >= 0.6 is 23.2 Å². The highest BCUT2D eigenvalue weighted by Gasteiger charge is 2.42. The lowest BCUT2D eigenvalue weighted by Crippen LogP contribution is -2.42. The Bertz CT molecular complexity index is 848. The van der Waals surface area contributed by atoms with E-state index >= 15 is 0 Å². The Morgan fingerprint density at radius 2 is 1.93 bits per heavy atom. The number of pyridine rings is 1. The fourth-order valence-electron chi connectivity index (χ4n) is 3.85. The molecule has 0 bridgehead atoms. The van der Waals surface area contributed by atoms with Gasteiger partial charge in [0.2, 0.25) is 11.8 Å². The molecule has 4 nitrogen and oxygen atoms in total. The van der Waals surface area contributed by atoms with Gasteiger partial charge in [-0.1, -0.05) is 55.5 Å². The van der Waals surface area contributed by atoms with Gasteiger partial charge in [0.15, 0.2) is 0 Å². The number of anilines is 1. The van der Waals surface area contributed by atoms with Crippen LogP contribution in [0.2, 0.25) is 10.0 Å². The number of nitrogens with one attached hydrogen (secondary N) is 1. The predicted molar refractivity (Wildman–Crippen MR) is 115 cm³/mol. The molecule has 28 heavy (non-hydrogen) atoms. The lowest BCUT2D eigenvalue weighted by molar-refractivity contribution is -0.122. The van der Waals surface area contributed by atoms with Crippen LogP contribution in [-0.2, 0) is 10.2 Å². The quantitative estimate of drug-likeness (QED) is 0.593. The maximum Gasteiger partial charge on any atom is 0.235 e. The van der Waals surface area contributed by atoms with Crippen molar-refractivity contribution in [2.45, 2.75) is 57.8 Å². The largest absolute Gasteiger partial charge is 0.478 e. The molecular weight excluding hydrogens is 395 g/mol. The van der Waals surface area contributed by atoms with Gasteiger partial charge in [-0.15, -0.1) is 0 Å². The Kier molecular flexibility index (Phi) is 6.84. The maximum atomic E-state index is 13.5. The number of hydrogen-bond donors (Lipinski definition) is 1. The van der Waals surface area contributed by atoms with Crippen molar-refractivity contribution >= 4 is 34.8 Å². The van der Waals surface area contributed by atoms with E-state index in [0.717, 1.165) is 49.8 Å². The van der Waals surface area contributed by atoms with Crippen molar-refractivity contribution < 1.29 is 9.53 Å². The summed E-state index contributed by atoms with van der Waals surface area (Å²) >= 11 is 12.6. The number of carbonyl (C=O) groups is 1. The molecule has 1 aliphatic rings. The van der Waals surface area contributed by atoms with E-state index in [1.54, 1.807) is 18.2 Å². The number of aromatic nitrogens is 1. The van der Waals surface area contributed by atoms with E-state index in [2.05, 4.69) is 10.3 Å². The van der Waals surface area contributed by atoms with Crippen LogP contribution in [0.25, 0.3) is 0 Å². The zero-order chi connectivity index (χ0) is 20.1. The summed E-state index contributed by atoms with van der Waals surface area (Å²) in [5, 5.41) is 4.21. The molecule has 2 aromatic rings. The Morgan fingerprint density at radius 3 is 2.57 bits per heavy atom. The first-order valence-electron chi connectivity index (χ1n) is 9.84. The van der Waals surface area contributed by atoms with Gasteiger partial charge in [-0.3, -0.25) is 4.79 Å². The Morgan fingerprint density at radius 1 is 1.18 bits per heavy atom. The highest BCUT2D eigenvalue weighted by Crippen LogP contribution is 2.44. The van der Waals surface area contributed by atoms with Gasteiger partial charge in [-0.2, -0.15) is 0 Å². The first kappa shape index (κ1) is 20.9. The van der Waals surface area contributed by atoms with E-state index < -0.39 is 5.41 Å². The number of nitrogens with zero attached hydrogens (tertiary/aromatic N) is 1. The second-order valence-electron chi connectivity index (χ2n) is 7.35. The topological polar surface area (TPSA) is 51.2 Å². The lowest BCUT2D eigenvalue weighted by atomic mass is 9.68. The Labute approximate surface area is 176 Å². The van der Waals surface area contributed by atoms with Crippen molar-refractivity contribution in [2.75, 3.05) is 11.9 Å². The number of carbonyl (C=O) groups excluding carboxylic acids is 1. The molecule has 1 aromatic carbocycles. The van der Waals surface area contributed by atoms with Crippen LogP contribution in [0.3, 0.4) is 0 Å². The summed E-state index contributed by atoms with van der Waals surface area (Å²) in [4.78, 5) is 17.9. The third kappa shape index (κ3) is 4.44. The van der Waals surface area contributed by atoms with Crippen molar-refractivity contribution in [3.8, 4) is 5.88 Å². The summed E-state index contributed by atoms with van der Waals surface area (Å²) < 4.78 is 5.57. The molecule has 1 fully saturated rings. The molecule has 0 spiro atoms. The molecule has 0 atom stereocenters. The molecule has 0 aliphatic heterocycles. The van der Waals surface area contributed by atoms with Crippen LogP contribution in [0.4, 0.5) is 5.69 Å². The summed E-state index contributed by atoms with van der Waals surface area (Å²) in [5.74, 6) is 0.536. The normalized spacial score (nSPS) is 15.9. The van der Waals surface area contributed by atoms with Crippen LogP contribution in [-0.4, -0.2) is 17.5 Å². The highest BCUT2D eigenvalue weighted by atomic mass is 35.5. The summed E-state index contributed by atoms with van der Waals surface area (Å²) in [5.41, 5.74) is 1.63. The standard InChI is InChI=1S/C22H26Cl2N2O2/c1-3-13-28-20-10-9-19(15(2)25-20)26-21(27)22(11-5-4-6-12-22)17-8-7-16(23)14-18(17)24/h7-10,14H,3-6,11-13H2,1-2H3,(H,26,27). The molecular formula is C22H26Cl2N2O2. The predicted octanol–water partition coefficient (Wildman–Crippen LogP) is 6.33. The number of benzene rings is 1. The van der Waals surface area contributed by atoms with Crippen molar-refractivity contribution in [3.05, 3.63) is 51.6 Å². The first-order valence-corrected chi connectivity index (χ1v) is 10.6. The minimum absolute atomic E-state index is 0.0384. The Balaban J connectivity index is 1.89. The number of rotatable bonds is 6. The van der Waals surface area contributed by atoms with E-state index in [0.29, 0.717) is 28.2 Å². The second-order valence-corrected chi connectivity index (χ2v) is 8.20. The van der Waals surface area contributed by atoms with Gasteiger partial charge in [0.05, 0.1) is 23.4 Å². The zero-order valence-electron chi connectivity index (χ0n) is 16.4. The highest BCUT2D eigenvalue weighted by molar-refractivity contribution is 6.35. The number of halogens is 2. The van der Waals surface area contributed by atoms with Crippen molar-refractivity contribution in [3.63, 3.8) is 0 Å². The maximum absolute atomic E-state index is 13.5. The third-order valence-corrected chi connectivity index (χ3v) is 5.90. The van der Waals surface area contributed by atoms with Crippen LogP contribution in [0.15, 0.2) is 30.3 Å². The van der Waals surface area contributed by atoms with Gasteiger partial charge in [0.25, 0.3) is 0 Å². The first-order chi connectivity index (χ1) is 13.5. The minimum Gasteiger partial charge on any atom is -0.478 e. The van der Waals surface area contributed by atoms with Gasteiger partial charge in [0, 0.05) is 16.1 Å². The SMILES string of the molecule is CCCOc1ccc(NC(=O)C2(c3ccc(Cl)cc3Cl)CCCCC2)c(C)n1. The number of amides is 1. The summed E-state index contributed by atoms with van der Waals surface area (Å²) in [6.07, 6.45) is 5.57. The number of ether oxygens (including phenoxy) is 1. The van der Waals surface area contributed by atoms with Crippen LogP contribution in [0, 0.1) is 6.92 Å². The van der Waals surface area contributed by atoms with Crippen molar-refractivity contribution in [1.82, 2.24) is 4.98 Å². The third-order valence-electron chi connectivity index (χ3n) is 5.35. The van der Waals surface area contributed by atoms with Crippen molar-refractivity contribution in [1.29, 1.82) is 0 Å². The van der Waals surface area contributed by atoms with Crippen molar-refractivity contribution in [2.24, 2.45) is 0 Å². The fourth-order valence-corrected chi connectivity index (χ4v) is 4.44. The number of aryl methyl sites for hydroxylation is 1. The van der Waals surface area contributed by atoms with E-state index in [4.69, 9.17) is 27.9 Å². The molecule has 3 rings (SSSR count). The molecule has 1 aliphatic carbocycles. The molecule has 0 radical (unpaired) electrons. The van der Waals surface area contributed by atoms with Gasteiger partial charge in [0.1, 0.15) is 0 Å². The molecule has 6 heteroatoms. The van der Waals surface area contributed by atoms with E-state index in [9.17, 15) is 4.79 Å². The summed E-state index contributed by atoms with van der Waals surface area (Å²) in [7, 11) is 0. The van der Waals surface area contributed by atoms with Gasteiger partial charge in [-0.25, -0.2) is 4.98 Å². The average molecular weight is 421 g/mol. The molecule has 1 saturated carbocycles. The molecule has 1 amide bonds. The molecule has 1 heterocycles. The van der Waals surface area contributed by atoms with E-state index in [-0.39, 0.29) is 5.91 Å². The van der Waals surface area contributed by atoms with Crippen LogP contribution in [0.1, 0.15) is 56.7 Å². The summed E-state index contributed by atoms with van der Waals surface area (Å²) in [6.45, 7) is 4.54. The van der Waals surface area contributed by atoms with Crippen LogP contribution in [0.5, 0.6) is 5.88 Å². The molecule has 0 saturated heterocycles. The average Bonchev–Trinajstić information content (AvgIpc) is 2.68. The van der Waals surface area contributed by atoms with Crippen LogP contribution < -0.4 is 10.1 Å². The van der Waals surface area contributed by atoms with Gasteiger partial charge >= 0.3 is 0 Å². The monoisotopic (exact) mass is 420 g/mol. The van der Waals surface area contributed by atoms with Gasteiger partial charge in [-0.05, 0) is 49.9 Å². The molecule has 1 aromatic heterocycles. The number of hydrogen-bond acceptors (Lipinski definition) is 3. The minimum atomic E-state index is -0.649. The zero-order valence-corrected chi connectivity index (χ0v) is 17.9. The second kappa shape index (κ2) is 9.15. The van der Waals surface area contributed by atoms with E-state index in [1.807, 2.05) is 26.0 Å². The molecule has 0 unspecified atom stereocenters. The fraction of sp³-hybridized carbons (Fsp3) is 0.455. The van der Waals surface area contributed by atoms with Gasteiger partial charge < -0.3 is 10.1 Å². The molecule has 150 valence electrons. The lowest BCUT2D eigenvalue weighted by Gasteiger charge is -2.37. The Hall–Kier alpha value is -1.78.